The van der Waals surface area contributed by atoms with Crippen LogP contribution in [0.15, 0.2) is 132 Å². The minimum atomic E-state index is 0.846. The van der Waals surface area contributed by atoms with Crippen LogP contribution in [0.4, 0.5) is 0 Å². The summed E-state index contributed by atoms with van der Waals surface area (Å²) in [5, 5.41) is 9.61. The van der Waals surface area contributed by atoms with Gasteiger partial charge in [0.05, 0.1) is 11.4 Å². The predicted molar refractivity (Wildman–Crippen MR) is 135 cm³/mol. The zero-order valence-electron chi connectivity index (χ0n) is 18.3. The molecule has 4 aromatic rings. The van der Waals surface area contributed by atoms with Crippen LogP contribution in [-0.4, -0.2) is 11.4 Å². The summed E-state index contributed by atoms with van der Waals surface area (Å²) in [6, 6.07) is 41.9. The summed E-state index contributed by atoms with van der Waals surface area (Å²) >= 11 is 0. The molecule has 4 aromatic carbocycles. The Bertz CT molecular complexity index is 1040. The molecule has 0 saturated carbocycles. The van der Waals surface area contributed by atoms with Crippen molar-refractivity contribution in [3.63, 3.8) is 0 Å². The zero-order valence-corrected chi connectivity index (χ0v) is 18.3. The largest absolute Gasteiger partial charge is 0.155 e. The number of hydrogen-bond donors (Lipinski definition) is 0. The van der Waals surface area contributed by atoms with Gasteiger partial charge in [0.2, 0.25) is 0 Å². The smallest absolute Gasteiger partial charge is 0.0706 e. The van der Waals surface area contributed by atoms with Crippen LogP contribution < -0.4 is 0 Å². The maximum atomic E-state index is 4.80. The Morgan fingerprint density at radius 3 is 1.06 bits per heavy atom. The van der Waals surface area contributed by atoms with Crippen molar-refractivity contribution in [2.45, 2.75) is 25.7 Å². The Morgan fingerprint density at radius 2 is 0.719 bits per heavy atom. The van der Waals surface area contributed by atoms with E-state index in [1.165, 1.54) is 11.1 Å². The summed E-state index contributed by atoms with van der Waals surface area (Å²) in [6.45, 7) is 0. The van der Waals surface area contributed by atoms with Gasteiger partial charge in [-0.05, 0) is 47.9 Å². The molecule has 0 atom stereocenters. The molecule has 0 unspecified atom stereocenters. The van der Waals surface area contributed by atoms with Crippen molar-refractivity contribution in [3.8, 4) is 0 Å². The van der Waals surface area contributed by atoms with Gasteiger partial charge in [-0.2, -0.15) is 10.2 Å². The first-order valence-electron chi connectivity index (χ1n) is 11.2. The molecule has 0 aliphatic rings. The minimum absolute atomic E-state index is 0.846. The van der Waals surface area contributed by atoms with Gasteiger partial charge in [-0.3, -0.25) is 0 Å². The molecule has 4 rings (SSSR count). The fraction of sp³-hybridized carbons (Fsp3) is 0.133. The van der Waals surface area contributed by atoms with Gasteiger partial charge < -0.3 is 0 Å². The van der Waals surface area contributed by atoms with Crippen molar-refractivity contribution in [2.24, 2.45) is 10.2 Å². The first kappa shape index (κ1) is 21.5. The highest BCUT2D eigenvalue weighted by Gasteiger charge is 2.07. The van der Waals surface area contributed by atoms with Gasteiger partial charge in [0.15, 0.2) is 0 Å². The summed E-state index contributed by atoms with van der Waals surface area (Å²) in [4.78, 5) is 0. The van der Waals surface area contributed by atoms with Crippen LogP contribution in [0.3, 0.4) is 0 Å². The molecule has 0 fully saturated rings. The lowest BCUT2D eigenvalue weighted by Crippen LogP contribution is -2.06. The maximum absolute atomic E-state index is 4.80. The van der Waals surface area contributed by atoms with Crippen LogP contribution in [0.1, 0.15) is 35.1 Å². The summed E-state index contributed by atoms with van der Waals surface area (Å²) in [5.41, 5.74) is 6.91. The molecule has 0 saturated heterocycles. The summed E-state index contributed by atoms with van der Waals surface area (Å²) in [7, 11) is 0. The molecule has 2 nitrogen and oxygen atoms in total. The van der Waals surface area contributed by atoms with E-state index in [1.807, 2.05) is 12.1 Å². The minimum Gasteiger partial charge on any atom is -0.155 e. The van der Waals surface area contributed by atoms with Crippen LogP contribution in [-0.2, 0) is 12.8 Å². The van der Waals surface area contributed by atoms with Gasteiger partial charge in [0, 0.05) is 0 Å². The van der Waals surface area contributed by atoms with Crippen LogP contribution >= 0.6 is 0 Å². The van der Waals surface area contributed by atoms with E-state index < -0.39 is 0 Å². The summed E-state index contributed by atoms with van der Waals surface area (Å²) in [5.74, 6) is 0. The van der Waals surface area contributed by atoms with Gasteiger partial charge in [-0.1, -0.05) is 121 Å². The van der Waals surface area contributed by atoms with Crippen LogP contribution in [0, 0.1) is 0 Å². The highest BCUT2D eigenvalue weighted by atomic mass is 15.2. The Hall–Kier alpha value is -3.78. The topological polar surface area (TPSA) is 24.7 Å². The van der Waals surface area contributed by atoms with Gasteiger partial charge in [-0.15, -0.1) is 0 Å². The van der Waals surface area contributed by atoms with Crippen LogP contribution in [0.25, 0.3) is 0 Å². The third-order valence-electron chi connectivity index (χ3n) is 5.49. The fourth-order valence-electron chi connectivity index (χ4n) is 3.70. The van der Waals surface area contributed by atoms with Gasteiger partial charge in [-0.25, -0.2) is 0 Å². The number of hydrogen-bond acceptors (Lipinski definition) is 2. The molecule has 0 bridgehead atoms. The Balaban J connectivity index is 1.61. The van der Waals surface area contributed by atoms with Gasteiger partial charge in [0.1, 0.15) is 0 Å². The normalized spacial score (nSPS) is 12.0. The lowest BCUT2D eigenvalue weighted by molar-refractivity contribution is 1.00. The molecule has 0 spiro atoms. The fourth-order valence-corrected chi connectivity index (χ4v) is 3.70. The Labute approximate surface area is 191 Å². The highest BCUT2D eigenvalue weighted by molar-refractivity contribution is 6.03. The molecule has 0 aromatic heterocycles. The van der Waals surface area contributed by atoms with Crippen molar-refractivity contribution >= 4 is 11.4 Å². The molecular formula is C30H28N2. The number of benzene rings is 4. The maximum Gasteiger partial charge on any atom is 0.0706 e. The molecule has 0 N–H and O–H groups in total. The second-order valence-electron chi connectivity index (χ2n) is 7.80. The Kier molecular flexibility index (Phi) is 7.76. The lowest BCUT2D eigenvalue weighted by Gasteiger charge is -2.08. The van der Waals surface area contributed by atoms with E-state index >= 15 is 0 Å². The van der Waals surface area contributed by atoms with Crippen molar-refractivity contribution < 1.29 is 0 Å². The van der Waals surface area contributed by atoms with E-state index in [0.29, 0.717) is 0 Å². The van der Waals surface area contributed by atoms with E-state index in [1.54, 1.807) is 0 Å². The highest BCUT2D eigenvalue weighted by Crippen LogP contribution is 2.13. The first-order chi connectivity index (χ1) is 15.9. The summed E-state index contributed by atoms with van der Waals surface area (Å²) < 4.78 is 0. The van der Waals surface area contributed by atoms with Gasteiger partial charge in [0.25, 0.3) is 0 Å². The van der Waals surface area contributed by atoms with E-state index in [-0.39, 0.29) is 0 Å². The molecule has 32 heavy (non-hydrogen) atoms. The lowest BCUT2D eigenvalue weighted by atomic mass is 10.0. The Morgan fingerprint density at radius 1 is 0.406 bits per heavy atom. The monoisotopic (exact) mass is 416 g/mol. The van der Waals surface area contributed by atoms with Crippen molar-refractivity contribution in [3.05, 3.63) is 144 Å². The number of nitrogens with zero attached hydrogens (tertiary/aromatic N) is 2. The molecule has 0 aliphatic carbocycles. The number of rotatable bonds is 9. The molecule has 0 heterocycles. The second kappa shape index (κ2) is 11.6. The zero-order chi connectivity index (χ0) is 21.8. The first-order valence-corrected chi connectivity index (χ1v) is 11.2. The van der Waals surface area contributed by atoms with Crippen molar-refractivity contribution in [1.82, 2.24) is 0 Å². The molecule has 158 valence electrons. The molecule has 2 heteroatoms. The van der Waals surface area contributed by atoms with E-state index in [2.05, 4.69) is 109 Å². The standard InChI is InChI=1S/C30H28N2/c1-5-13-25(14-6-1)21-23-29(27-17-9-3-10-18-27)31-32-30(28-19-11-4-12-20-28)24-22-26-15-7-2-8-16-26/h1-20H,21-24H2/b31-29-,32-30+. The third-order valence-corrected chi connectivity index (χ3v) is 5.49. The van der Waals surface area contributed by atoms with Gasteiger partial charge >= 0.3 is 0 Å². The van der Waals surface area contributed by atoms with E-state index in [4.69, 9.17) is 10.2 Å². The van der Waals surface area contributed by atoms with Crippen LogP contribution in [0.2, 0.25) is 0 Å². The van der Waals surface area contributed by atoms with E-state index in [0.717, 1.165) is 48.2 Å². The molecule has 0 amide bonds. The second-order valence-corrected chi connectivity index (χ2v) is 7.80. The predicted octanol–water partition coefficient (Wildman–Crippen LogP) is 7.15. The van der Waals surface area contributed by atoms with E-state index in [9.17, 15) is 0 Å². The molecule has 0 aliphatic heterocycles. The average molecular weight is 417 g/mol. The SMILES string of the molecule is c1ccc(CC/C(=N/N=C(\CCc2ccccc2)c2ccccc2)c2ccccc2)cc1. The number of aryl methyl sites for hydroxylation is 2. The summed E-state index contributed by atoms with van der Waals surface area (Å²) in [6.07, 6.45) is 3.57. The van der Waals surface area contributed by atoms with Crippen molar-refractivity contribution in [1.29, 1.82) is 0 Å². The quantitative estimate of drug-likeness (QED) is 0.204. The van der Waals surface area contributed by atoms with Crippen molar-refractivity contribution in [2.75, 3.05) is 0 Å². The third kappa shape index (κ3) is 6.36. The average Bonchev–Trinajstić information content (AvgIpc) is 2.88. The molecular weight excluding hydrogens is 388 g/mol. The van der Waals surface area contributed by atoms with Crippen LogP contribution in [0.5, 0.6) is 0 Å². The molecule has 0 radical (unpaired) electrons.